The Morgan fingerprint density at radius 3 is 1.90 bits per heavy atom. The maximum absolute atomic E-state index is 5.92. The van der Waals surface area contributed by atoms with Gasteiger partial charge < -0.3 is 4.42 Å². The number of furan rings is 1. The Balaban J connectivity index is 1.98. The smallest absolute Gasteiger partial charge is 0.135 e. The van der Waals surface area contributed by atoms with E-state index in [0.29, 0.717) is 0 Å². The summed E-state index contributed by atoms with van der Waals surface area (Å²) in [4.78, 5) is 0. The Bertz CT molecular complexity index is 943. The van der Waals surface area contributed by atoms with E-state index in [2.05, 4.69) is 74.5 Å². The molecule has 1 aromatic heterocycles. The van der Waals surface area contributed by atoms with Crippen LogP contribution in [0.3, 0.4) is 0 Å². The molecule has 0 aliphatic rings. The summed E-state index contributed by atoms with van der Waals surface area (Å²) in [6, 6.07) is 21.4. The Morgan fingerprint density at radius 2 is 1.14 bits per heavy atom. The summed E-state index contributed by atoms with van der Waals surface area (Å²) in [6.07, 6.45) is 0. The van der Waals surface area contributed by atoms with Crippen LogP contribution in [0.15, 0.2) is 65.1 Å². The first-order chi connectivity index (χ1) is 10.2. The van der Waals surface area contributed by atoms with Crippen molar-refractivity contribution in [3.05, 3.63) is 71.8 Å². The van der Waals surface area contributed by atoms with E-state index in [9.17, 15) is 0 Å². The van der Waals surface area contributed by atoms with Gasteiger partial charge in [0.1, 0.15) is 11.2 Å². The molecule has 0 spiro atoms. The van der Waals surface area contributed by atoms with E-state index in [1.807, 2.05) is 0 Å². The van der Waals surface area contributed by atoms with Gasteiger partial charge in [0, 0.05) is 10.8 Å². The van der Waals surface area contributed by atoms with Crippen molar-refractivity contribution in [1.82, 2.24) is 0 Å². The van der Waals surface area contributed by atoms with Crippen LogP contribution in [-0.4, -0.2) is 0 Å². The molecular weight excluding hydrogens is 256 g/mol. The number of rotatable bonds is 1. The van der Waals surface area contributed by atoms with E-state index in [4.69, 9.17) is 4.42 Å². The molecule has 0 bridgehead atoms. The summed E-state index contributed by atoms with van der Waals surface area (Å²) in [7, 11) is 0. The van der Waals surface area contributed by atoms with Crippen LogP contribution in [0, 0.1) is 13.8 Å². The number of hydrogen-bond donors (Lipinski definition) is 0. The lowest BCUT2D eigenvalue weighted by molar-refractivity contribution is 0.669. The number of aryl methyl sites for hydroxylation is 2. The molecule has 3 aromatic carbocycles. The van der Waals surface area contributed by atoms with Crippen molar-refractivity contribution < 1.29 is 4.42 Å². The molecule has 21 heavy (non-hydrogen) atoms. The van der Waals surface area contributed by atoms with Crippen molar-refractivity contribution in [3.63, 3.8) is 0 Å². The molecule has 0 radical (unpaired) electrons. The molecule has 0 saturated carbocycles. The average molecular weight is 272 g/mol. The van der Waals surface area contributed by atoms with Gasteiger partial charge in [-0.15, -0.1) is 0 Å². The monoisotopic (exact) mass is 272 g/mol. The normalized spacial score (nSPS) is 11.3. The quantitative estimate of drug-likeness (QED) is 0.422. The van der Waals surface area contributed by atoms with Gasteiger partial charge in [-0.3, -0.25) is 0 Å². The van der Waals surface area contributed by atoms with Crippen molar-refractivity contribution in [2.75, 3.05) is 0 Å². The molecular formula is C20H16O. The highest BCUT2D eigenvalue weighted by Crippen LogP contribution is 2.32. The number of hydrogen-bond acceptors (Lipinski definition) is 1. The fraction of sp³-hybridized carbons (Fsp3) is 0.100. The summed E-state index contributed by atoms with van der Waals surface area (Å²) < 4.78 is 5.92. The van der Waals surface area contributed by atoms with Crippen molar-refractivity contribution in [1.29, 1.82) is 0 Å². The summed E-state index contributed by atoms with van der Waals surface area (Å²) in [5.74, 6) is 0. The molecule has 0 fully saturated rings. The molecule has 4 aromatic rings. The van der Waals surface area contributed by atoms with Crippen molar-refractivity contribution >= 4 is 21.9 Å². The Labute approximate surface area is 123 Å². The van der Waals surface area contributed by atoms with Gasteiger partial charge in [-0.05, 0) is 49.2 Å². The second-order valence-electron chi connectivity index (χ2n) is 5.68. The zero-order valence-electron chi connectivity index (χ0n) is 12.2. The maximum atomic E-state index is 5.92. The zero-order chi connectivity index (χ0) is 14.4. The van der Waals surface area contributed by atoms with Crippen LogP contribution < -0.4 is 0 Å². The minimum absolute atomic E-state index is 0.950. The van der Waals surface area contributed by atoms with Crippen molar-refractivity contribution in [2.24, 2.45) is 0 Å². The molecule has 0 unspecified atom stereocenters. The first-order valence-electron chi connectivity index (χ1n) is 7.21. The lowest BCUT2D eigenvalue weighted by Gasteiger charge is -2.02. The van der Waals surface area contributed by atoms with E-state index < -0.39 is 0 Å². The molecule has 102 valence electrons. The highest BCUT2D eigenvalue weighted by Gasteiger charge is 2.08. The third-order valence-electron chi connectivity index (χ3n) is 4.01. The summed E-state index contributed by atoms with van der Waals surface area (Å²) in [5, 5.41) is 2.38. The largest absolute Gasteiger partial charge is 0.456 e. The Hall–Kier alpha value is -2.54. The van der Waals surface area contributed by atoms with E-state index in [0.717, 1.165) is 11.2 Å². The first-order valence-corrected chi connectivity index (χ1v) is 7.21. The van der Waals surface area contributed by atoms with Gasteiger partial charge in [-0.2, -0.15) is 0 Å². The van der Waals surface area contributed by atoms with Crippen LogP contribution in [0.5, 0.6) is 0 Å². The minimum atomic E-state index is 0.950. The van der Waals surface area contributed by atoms with E-state index >= 15 is 0 Å². The van der Waals surface area contributed by atoms with Crippen LogP contribution in [0.25, 0.3) is 33.1 Å². The molecule has 0 saturated heterocycles. The van der Waals surface area contributed by atoms with Gasteiger partial charge in [-0.25, -0.2) is 0 Å². The molecule has 1 heteroatoms. The highest BCUT2D eigenvalue weighted by atomic mass is 16.3. The summed E-state index contributed by atoms with van der Waals surface area (Å²) in [5.41, 5.74) is 6.91. The Morgan fingerprint density at radius 1 is 0.571 bits per heavy atom. The molecule has 0 aliphatic heterocycles. The van der Waals surface area contributed by atoms with Crippen molar-refractivity contribution in [3.8, 4) is 11.1 Å². The lowest BCUT2D eigenvalue weighted by Crippen LogP contribution is -1.78. The third-order valence-corrected chi connectivity index (χ3v) is 4.01. The predicted octanol–water partition coefficient (Wildman–Crippen LogP) is 5.87. The molecule has 4 rings (SSSR count). The molecule has 0 N–H and O–H groups in total. The molecule has 0 amide bonds. The predicted molar refractivity (Wildman–Crippen MR) is 88.6 cm³/mol. The molecule has 0 aliphatic carbocycles. The third kappa shape index (κ3) is 2.02. The fourth-order valence-corrected chi connectivity index (χ4v) is 2.82. The Kier molecular flexibility index (Phi) is 2.61. The van der Waals surface area contributed by atoms with Gasteiger partial charge >= 0.3 is 0 Å². The fourth-order valence-electron chi connectivity index (χ4n) is 2.82. The minimum Gasteiger partial charge on any atom is -0.456 e. The van der Waals surface area contributed by atoms with Gasteiger partial charge in [0.15, 0.2) is 0 Å². The molecule has 1 nitrogen and oxygen atoms in total. The molecule has 0 atom stereocenters. The van der Waals surface area contributed by atoms with Gasteiger partial charge in [0.25, 0.3) is 0 Å². The highest BCUT2D eigenvalue weighted by molar-refractivity contribution is 6.06. The van der Waals surface area contributed by atoms with Crippen LogP contribution in [0.2, 0.25) is 0 Å². The second kappa shape index (κ2) is 4.49. The van der Waals surface area contributed by atoms with Crippen LogP contribution >= 0.6 is 0 Å². The first kappa shape index (κ1) is 12.2. The maximum Gasteiger partial charge on any atom is 0.135 e. The van der Waals surface area contributed by atoms with E-state index in [1.165, 1.54) is 33.0 Å². The summed E-state index contributed by atoms with van der Waals surface area (Å²) >= 11 is 0. The average Bonchev–Trinajstić information content (AvgIpc) is 2.85. The topological polar surface area (TPSA) is 13.1 Å². The SMILES string of the molecule is Cc1ccc(-c2ccc3oc4ccc(C)cc4c3c2)cc1. The van der Waals surface area contributed by atoms with Crippen molar-refractivity contribution in [2.45, 2.75) is 13.8 Å². The second-order valence-corrected chi connectivity index (χ2v) is 5.68. The number of fused-ring (bicyclic) bond motifs is 3. The standard InChI is InChI=1S/C20H16O/c1-13-3-6-15(7-4-13)16-8-10-20-18(12-16)17-11-14(2)5-9-19(17)21-20/h3-12H,1-2H3. The van der Waals surface area contributed by atoms with Crippen LogP contribution in [0.4, 0.5) is 0 Å². The summed E-state index contributed by atoms with van der Waals surface area (Å²) in [6.45, 7) is 4.22. The van der Waals surface area contributed by atoms with E-state index in [-0.39, 0.29) is 0 Å². The van der Waals surface area contributed by atoms with Gasteiger partial charge in [0.05, 0.1) is 0 Å². The van der Waals surface area contributed by atoms with E-state index in [1.54, 1.807) is 0 Å². The zero-order valence-corrected chi connectivity index (χ0v) is 12.2. The van der Waals surface area contributed by atoms with Gasteiger partial charge in [0.2, 0.25) is 0 Å². The molecule has 1 heterocycles. The lowest BCUT2D eigenvalue weighted by atomic mass is 10.0. The van der Waals surface area contributed by atoms with Crippen LogP contribution in [0.1, 0.15) is 11.1 Å². The van der Waals surface area contributed by atoms with Gasteiger partial charge in [-0.1, -0.05) is 47.5 Å². The number of benzene rings is 3. The van der Waals surface area contributed by atoms with Crippen LogP contribution in [-0.2, 0) is 0 Å².